The van der Waals surface area contributed by atoms with E-state index in [0.29, 0.717) is 17.5 Å². The third kappa shape index (κ3) is 2.06. The van der Waals surface area contributed by atoms with E-state index in [4.69, 9.17) is 0 Å². The lowest BCUT2D eigenvalue weighted by atomic mass is 9.86. The zero-order chi connectivity index (χ0) is 13.5. The van der Waals surface area contributed by atoms with Gasteiger partial charge in [0.2, 0.25) is 0 Å². The molecule has 0 aliphatic heterocycles. The Hall–Kier alpha value is -1.35. The van der Waals surface area contributed by atoms with Crippen LogP contribution in [0.4, 0.5) is 0 Å². The van der Waals surface area contributed by atoms with E-state index in [2.05, 4.69) is 60.1 Å². The minimum atomic E-state index is 0.341. The van der Waals surface area contributed by atoms with Crippen LogP contribution in [0.1, 0.15) is 39.7 Å². The summed E-state index contributed by atoms with van der Waals surface area (Å²) in [5, 5.41) is 9.57. The summed E-state index contributed by atoms with van der Waals surface area (Å²) in [6, 6.07) is 9.46. The fourth-order valence-electron chi connectivity index (χ4n) is 3.51. The zero-order valence-electron chi connectivity index (χ0n) is 12.1. The van der Waals surface area contributed by atoms with Gasteiger partial charge in [0.05, 0.1) is 17.8 Å². The van der Waals surface area contributed by atoms with E-state index >= 15 is 0 Å². The number of para-hydroxylation sites is 1. The molecule has 1 aliphatic carbocycles. The normalized spacial score (nSPS) is 26.1. The van der Waals surface area contributed by atoms with Crippen LogP contribution in [0.2, 0.25) is 0 Å². The fraction of sp³-hybridized carbons (Fsp3) is 0.562. The number of likely N-dealkylation sites (N-methyl/N-ethyl adjacent to an activating group) is 1. The van der Waals surface area contributed by atoms with E-state index in [-0.39, 0.29) is 0 Å². The van der Waals surface area contributed by atoms with Gasteiger partial charge in [-0.15, -0.1) is 0 Å². The highest BCUT2D eigenvalue weighted by atomic mass is 15.3. The number of benzene rings is 1. The first-order valence-electron chi connectivity index (χ1n) is 7.29. The van der Waals surface area contributed by atoms with Crippen molar-refractivity contribution in [2.75, 3.05) is 6.54 Å². The fourth-order valence-corrected chi connectivity index (χ4v) is 3.51. The van der Waals surface area contributed by atoms with E-state index in [0.717, 1.165) is 6.54 Å². The maximum atomic E-state index is 4.65. The minimum absolute atomic E-state index is 0.341. The predicted octanol–water partition coefficient (Wildman–Crippen LogP) is 3.38. The van der Waals surface area contributed by atoms with Crippen LogP contribution < -0.4 is 5.32 Å². The average Bonchev–Trinajstić information content (AvgIpc) is 2.93. The molecular formula is C16H23N3. The van der Waals surface area contributed by atoms with Gasteiger partial charge in [-0.3, -0.25) is 4.68 Å². The number of hydrogen-bond donors (Lipinski definition) is 1. The number of aromatic nitrogens is 2. The van der Waals surface area contributed by atoms with Crippen molar-refractivity contribution < 1.29 is 0 Å². The van der Waals surface area contributed by atoms with Crippen molar-refractivity contribution in [3.63, 3.8) is 0 Å². The Morgan fingerprint density at radius 3 is 2.95 bits per heavy atom. The second-order valence-corrected chi connectivity index (χ2v) is 6.28. The summed E-state index contributed by atoms with van der Waals surface area (Å²) in [6.07, 6.45) is 4.45. The molecule has 2 unspecified atom stereocenters. The van der Waals surface area contributed by atoms with E-state index in [1.807, 2.05) is 6.20 Å². The van der Waals surface area contributed by atoms with Gasteiger partial charge in [0.15, 0.2) is 0 Å². The average molecular weight is 257 g/mol. The maximum Gasteiger partial charge on any atom is 0.0686 e. The Labute approximate surface area is 115 Å². The van der Waals surface area contributed by atoms with Crippen LogP contribution in [0.25, 0.3) is 10.9 Å². The molecule has 102 valence electrons. The van der Waals surface area contributed by atoms with Crippen LogP contribution >= 0.6 is 0 Å². The Bertz CT molecular complexity index is 570. The topological polar surface area (TPSA) is 29.9 Å². The van der Waals surface area contributed by atoms with E-state index in [1.165, 1.54) is 23.7 Å². The Kier molecular flexibility index (Phi) is 3.09. The molecule has 2 aromatic rings. The third-order valence-corrected chi connectivity index (χ3v) is 4.55. The van der Waals surface area contributed by atoms with E-state index in [1.54, 1.807) is 0 Å². The SMILES string of the molecule is CCNC1C(n2ncc3ccccc32)CCC1(C)C. The first-order chi connectivity index (χ1) is 9.13. The number of nitrogens with one attached hydrogen (secondary N) is 1. The molecule has 1 aromatic carbocycles. The molecule has 19 heavy (non-hydrogen) atoms. The first-order valence-corrected chi connectivity index (χ1v) is 7.29. The molecule has 3 nitrogen and oxygen atoms in total. The van der Waals surface area contributed by atoms with Crippen LogP contribution in [-0.4, -0.2) is 22.4 Å². The first kappa shape index (κ1) is 12.7. The summed E-state index contributed by atoms with van der Waals surface area (Å²) in [6.45, 7) is 7.94. The van der Waals surface area contributed by atoms with Gasteiger partial charge in [-0.25, -0.2) is 0 Å². The Balaban J connectivity index is 2.01. The van der Waals surface area contributed by atoms with Crippen LogP contribution in [0.5, 0.6) is 0 Å². The molecule has 0 amide bonds. The molecular weight excluding hydrogens is 234 g/mol. The van der Waals surface area contributed by atoms with Gasteiger partial charge in [-0.1, -0.05) is 39.0 Å². The predicted molar refractivity (Wildman–Crippen MR) is 79.2 cm³/mol. The summed E-state index contributed by atoms with van der Waals surface area (Å²) in [7, 11) is 0. The molecule has 1 saturated carbocycles. The summed E-state index contributed by atoms with van der Waals surface area (Å²) in [4.78, 5) is 0. The largest absolute Gasteiger partial charge is 0.312 e. The molecule has 3 rings (SSSR count). The third-order valence-electron chi connectivity index (χ3n) is 4.55. The van der Waals surface area contributed by atoms with Crippen molar-refractivity contribution in [1.29, 1.82) is 0 Å². The zero-order valence-corrected chi connectivity index (χ0v) is 12.1. The van der Waals surface area contributed by atoms with Crippen molar-refractivity contribution >= 4 is 10.9 Å². The molecule has 1 fully saturated rings. The maximum absolute atomic E-state index is 4.65. The van der Waals surface area contributed by atoms with Crippen LogP contribution in [0.3, 0.4) is 0 Å². The van der Waals surface area contributed by atoms with Crippen LogP contribution in [0.15, 0.2) is 30.5 Å². The number of rotatable bonds is 3. The highest BCUT2D eigenvalue weighted by molar-refractivity contribution is 5.78. The molecule has 0 bridgehead atoms. The van der Waals surface area contributed by atoms with Gasteiger partial charge >= 0.3 is 0 Å². The smallest absolute Gasteiger partial charge is 0.0686 e. The van der Waals surface area contributed by atoms with Crippen molar-refractivity contribution in [3.05, 3.63) is 30.5 Å². The van der Waals surface area contributed by atoms with Crippen LogP contribution in [0, 0.1) is 5.41 Å². The highest BCUT2D eigenvalue weighted by Gasteiger charge is 2.42. The Morgan fingerprint density at radius 1 is 1.37 bits per heavy atom. The van der Waals surface area contributed by atoms with Gasteiger partial charge in [0.25, 0.3) is 0 Å². The van der Waals surface area contributed by atoms with Crippen LogP contribution in [-0.2, 0) is 0 Å². The molecule has 1 aliphatic rings. The lowest BCUT2D eigenvalue weighted by molar-refractivity contribution is 0.247. The molecule has 0 radical (unpaired) electrons. The van der Waals surface area contributed by atoms with Crippen molar-refractivity contribution in [1.82, 2.24) is 15.1 Å². The lowest BCUT2D eigenvalue weighted by Gasteiger charge is -2.31. The number of nitrogens with zero attached hydrogens (tertiary/aromatic N) is 2. The molecule has 1 heterocycles. The van der Waals surface area contributed by atoms with Gasteiger partial charge in [0, 0.05) is 11.4 Å². The molecule has 2 atom stereocenters. The summed E-state index contributed by atoms with van der Waals surface area (Å²) in [5.41, 5.74) is 1.60. The number of hydrogen-bond acceptors (Lipinski definition) is 2. The standard InChI is InChI=1S/C16H23N3/c1-4-17-15-14(9-10-16(15,2)3)19-13-8-6-5-7-12(13)11-18-19/h5-8,11,14-15,17H,4,9-10H2,1-3H3. The highest BCUT2D eigenvalue weighted by Crippen LogP contribution is 2.44. The van der Waals surface area contributed by atoms with Crippen molar-refractivity contribution in [3.8, 4) is 0 Å². The van der Waals surface area contributed by atoms with Crippen molar-refractivity contribution in [2.45, 2.75) is 45.7 Å². The quantitative estimate of drug-likeness (QED) is 0.913. The second-order valence-electron chi connectivity index (χ2n) is 6.28. The molecule has 0 saturated heterocycles. The van der Waals surface area contributed by atoms with E-state index < -0.39 is 0 Å². The molecule has 1 N–H and O–H groups in total. The summed E-state index contributed by atoms with van der Waals surface area (Å²) in [5.74, 6) is 0. The number of fused-ring (bicyclic) bond motifs is 1. The molecule has 0 spiro atoms. The lowest BCUT2D eigenvalue weighted by Crippen LogP contribution is -2.42. The molecule has 3 heteroatoms. The van der Waals surface area contributed by atoms with Gasteiger partial charge in [-0.2, -0.15) is 5.10 Å². The summed E-state index contributed by atoms with van der Waals surface area (Å²) < 4.78 is 2.23. The molecule has 1 aromatic heterocycles. The second kappa shape index (κ2) is 4.64. The monoisotopic (exact) mass is 257 g/mol. The van der Waals surface area contributed by atoms with Gasteiger partial charge in [-0.05, 0) is 30.9 Å². The minimum Gasteiger partial charge on any atom is -0.312 e. The van der Waals surface area contributed by atoms with Gasteiger partial charge in [0.1, 0.15) is 0 Å². The Morgan fingerprint density at radius 2 is 2.16 bits per heavy atom. The van der Waals surface area contributed by atoms with E-state index in [9.17, 15) is 0 Å². The van der Waals surface area contributed by atoms with Gasteiger partial charge < -0.3 is 5.32 Å². The summed E-state index contributed by atoms with van der Waals surface area (Å²) >= 11 is 0. The van der Waals surface area contributed by atoms with Crippen molar-refractivity contribution in [2.24, 2.45) is 5.41 Å².